The highest BCUT2D eigenvalue weighted by Crippen LogP contribution is 2.11. The van der Waals surface area contributed by atoms with Crippen LogP contribution in [-0.4, -0.2) is 24.6 Å². The molecule has 0 fully saturated rings. The smallest absolute Gasteiger partial charge is 0.258 e. The van der Waals surface area contributed by atoms with Gasteiger partial charge in [0.15, 0.2) is 6.61 Å². The predicted molar refractivity (Wildman–Crippen MR) is 100 cm³/mol. The minimum Gasteiger partial charge on any atom is -0.484 e. The fourth-order valence-electron chi connectivity index (χ4n) is 2.51. The Bertz CT molecular complexity index is 646. The summed E-state index contributed by atoms with van der Waals surface area (Å²) in [5, 5.41) is 5.18. The van der Waals surface area contributed by atoms with Gasteiger partial charge in [-0.1, -0.05) is 30.3 Å². The van der Waals surface area contributed by atoms with Crippen molar-refractivity contribution in [3.8, 4) is 5.75 Å². The molecule has 25 heavy (non-hydrogen) atoms. The number of rotatable bonds is 8. The third kappa shape index (κ3) is 7.86. The van der Waals surface area contributed by atoms with E-state index in [-0.39, 0.29) is 18.1 Å². The van der Waals surface area contributed by atoms with Gasteiger partial charge in [0.1, 0.15) is 12.3 Å². The Balaban J connectivity index is 1.68. The Morgan fingerprint density at radius 1 is 1.00 bits per heavy atom. The highest BCUT2D eigenvalue weighted by Gasteiger charge is 2.13. The first-order chi connectivity index (χ1) is 11.9. The average Bonchev–Trinajstić information content (AvgIpc) is 2.57. The summed E-state index contributed by atoms with van der Waals surface area (Å²) in [5.74, 6) is 0.614. The molecule has 0 heterocycles. The lowest BCUT2D eigenvalue weighted by atomic mass is 10.1. The molecule has 0 spiro atoms. The zero-order chi connectivity index (χ0) is 18.1. The van der Waals surface area contributed by atoms with Gasteiger partial charge in [-0.15, -0.1) is 0 Å². The van der Waals surface area contributed by atoms with Crippen LogP contribution in [0.15, 0.2) is 54.6 Å². The van der Waals surface area contributed by atoms with Crippen molar-refractivity contribution in [3.05, 3.63) is 65.7 Å². The SMILES string of the molecule is CC(C)(C)NC(=O)COc1ccc(C[NH2+]CCc2ccccc2)cc1. The van der Waals surface area contributed by atoms with E-state index in [9.17, 15) is 4.79 Å². The van der Waals surface area contributed by atoms with Crippen LogP contribution >= 0.6 is 0 Å². The van der Waals surface area contributed by atoms with Gasteiger partial charge < -0.3 is 15.4 Å². The topological polar surface area (TPSA) is 54.9 Å². The second-order valence-electron chi connectivity index (χ2n) is 7.25. The second kappa shape index (κ2) is 9.23. The molecule has 2 rings (SSSR count). The number of ether oxygens (including phenoxy) is 1. The molecule has 0 aliphatic carbocycles. The number of hydrogen-bond acceptors (Lipinski definition) is 2. The van der Waals surface area contributed by atoms with Crippen molar-refractivity contribution in [1.29, 1.82) is 0 Å². The fraction of sp³-hybridized carbons (Fsp3) is 0.381. The maximum Gasteiger partial charge on any atom is 0.258 e. The lowest BCUT2D eigenvalue weighted by molar-refractivity contribution is -0.670. The second-order valence-corrected chi connectivity index (χ2v) is 7.25. The van der Waals surface area contributed by atoms with Crippen LogP contribution in [0.3, 0.4) is 0 Å². The Labute approximate surface area is 150 Å². The molecule has 0 aliphatic rings. The molecule has 0 radical (unpaired) electrons. The van der Waals surface area contributed by atoms with Crippen molar-refractivity contribution in [3.63, 3.8) is 0 Å². The van der Waals surface area contributed by atoms with Gasteiger partial charge in [0, 0.05) is 17.5 Å². The van der Waals surface area contributed by atoms with Crippen molar-refractivity contribution in [1.82, 2.24) is 5.32 Å². The molecule has 3 N–H and O–H groups in total. The maximum atomic E-state index is 11.7. The van der Waals surface area contributed by atoms with Gasteiger partial charge in [-0.25, -0.2) is 0 Å². The molecule has 0 atom stereocenters. The summed E-state index contributed by atoms with van der Waals surface area (Å²) in [7, 11) is 0. The quantitative estimate of drug-likeness (QED) is 0.724. The predicted octanol–water partition coefficient (Wildman–Crippen LogP) is 2.29. The van der Waals surface area contributed by atoms with Gasteiger partial charge in [0.25, 0.3) is 5.91 Å². The van der Waals surface area contributed by atoms with Crippen LogP contribution in [-0.2, 0) is 17.8 Å². The third-order valence-corrected chi connectivity index (χ3v) is 3.67. The highest BCUT2D eigenvalue weighted by atomic mass is 16.5. The molecule has 134 valence electrons. The van der Waals surface area contributed by atoms with Crippen molar-refractivity contribution in [2.75, 3.05) is 13.2 Å². The summed E-state index contributed by atoms with van der Waals surface area (Å²) in [5.41, 5.74) is 2.38. The maximum absolute atomic E-state index is 11.7. The minimum atomic E-state index is -0.236. The highest BCUT2D eigenvalue weighted by molar-refractivity contribution is 5.78. The van der Waals surface area contributed by atoms with E-state index in [2.05, 4.69) is 47.0 Å². The number of nitrogens with two attached hydrogens (primary N) is 1. The van der Waals surface area contributed by atoms with Crippen molar-refractivity contribution in [2.45, 2.75) is 39.3 Å². The van der Waals surface area contributed by atoms with E-state index in [0.717, 1.165) is 25.3 Å². The molecule has 2 aromatic rings. The summed E-state index contributed by atoms with van der Waals surface area (Å²) < 4.78 is 5.53. The monoisotopic (exact) mass is 341 g/mol. The van der Waals surface area contributed by atoms with Crippen LogP contribution in [0.5, 0.6) is 5.75 Å². The largest absolute Gasteiger partial charge is 0.484 e. The number of quaternary nitrogens is 1. The number of nitrogens with one attached hydrogen (secondary N) is 1. The lowest BCUT2D eigenvalue weighted by Gasteiger charge is -2.20. The zero-order valence-electron chi connectivity index (χ0n) is 15.4. The van der Waals surface area contributed by atoms with E-state index in [1.807, 2.05) is 39.0 Å². The average molecular weight is 341 g/mol. The van der Waals surface area contributed by atoms with Crippen LogP contribution in [0.4, 0.5) is 0 Å². The number of carbonyl (C=O) groups excluding carboxylic acids is 1. The molecule has 1 amide bonds. The molecule has 0 aromatic heterocycles. The molecule has 0 saturated heterocycles. The van der Waals surface area contributed by atoms with Gasteiger partial charge in [-0.3, -0.25) is 4.79 Å². The first-order valence-corrected chi connectivity index (χ1v) is 8.81. The van der Waals surface area contributed by atoms with Crippen LogP contribution < -0.4 is 15.4 Å². The molecular formula is C21H29N2O2+. The van der Waals surface area contributed by atoms with Gasteiger partial charge in [0.2, 0.25) is 0 Å². The summed E-state index contributed by atoms with van der Waals surface area (Å²) in [6.45, 7) is 7.91. The molecule has 0 aliphatic heterocycles. The van der Waals surface area contributed by atoms with Crippen LogP contribution in [0, 0.1) is 0 Å². The molecular weight excluding hydrogens is 312 g/mol. The molecule has 0 saturated carbocycles. The van der Waals surface area contributed by atoms with Gasteiger partial charge in [-0.2, -0.15) is 0 Å². The standard InChI is InChI=1S/C21H28N2O2/c1-21(2,3)23-20(24)16-25-19-11-9-18(10-12-19)15-22-14-13-17-7-5-4-6-8-17/h4-12,22H,13-16H2,1-3H3,(H,23,24)/p+1. The number of benzene rings is 2. The fourth-order valence-corrected chi connectivity index (χ4v) is 2.51. The van der Waals surface area contributed by atoms with Gasteiger partial charge in [-0.05, 0) is 50.6 Å². The minimum absolute atomic E-state index is 0.0415. The molecule has 0 bridgehead atoms. The Hall–Kier alpha value is -2.33. The Kier molecular flexibility index (Phi) is 7.02. The Morgan fingerprint density at radius 3 is 2.32 bits per heavy atom. The molecule has 2 aromatic carbocycles. The normalized spacial score (nSPS) is 11.2. The number of hydrogen-bond donors (Lipinski definition) is 2. The van der Waals surface area contributed by atoms with E-state index < -0.39 is 0 Å². The number of amides is 1. The number of carbonyl (C=O) groups is 1. The van der Waals surface area contributed by atoms with Crippen molar-refractivity contribution < 1.29 is 14.8 Å². The summed E-state index contributed by atoms with van der Waals surface area (Å²) in [4.78, 5) is 11.7. The van der Waals surface area contributed by atoms with E-state index >= 15 is 0 Å². The van der Waals surface area contributed by atoms with Crippen LogP contribution in [0.2, 0.25) is 0 Å². The lowest BCUT2D eigenvalue weighted by Crippen LogP contribution is -2.83. The summed E-state index contributed by atoms with van der Waals surface area (Å²) in [6, 6.07) is 18.5. The van der Waals surface area contributed by atoms with E-state index in [4.69, 9.17) is 4.74 Å². The molecule has 0 unspecified atom stereocenters. The zero-order valence-corrected chi connectivity index (χ0v) is 15.4. The van der Waals surface area contributed by atoms with Crippen molar-refractivity contribution >= 4 is 5.91 Å². The molecule has 4 nitrogen and oxygen atoms in total. The van der Waals surface area contributed by atoms with E-state index in [1.54, 1.807) is 0 Å². The summed E-state index contributed by atoms with van der Waals surface area (Å²) in [6.07, 6.45) is 1.07. The van der Waals surface area contributed by atoms with Crippen molar-refractivity contribution in [2.24, 2.45) is 0 Å². The molecule has 4 heteroatoms. The van der Waals surface area contributed by atoms with E-state index in [0.29, 0.717) is 0 Å². The summed E-state index contributed by atoms with van der Waals surface area (Å²) >= 11 is 0. The first-order valence-electron chi connectivity index (χ1n) is 8.81. The van der Waals surface area contributed by atoms with Gasteiger partial charge in [0.05, 0.1) is 6.54 Å². The van der Waals surface area contributed by atoms with Crippen LogP contribution in [0.25, 0.3) is 0 Å². The third-order valence-electron chi connectivity index (χ3n) is 3.67. The van der Waals surface area contributed by atoms with Gasteiger partial charge >= 0.3 is 0 Å². The van der Waals surface area contributed by atoms with E-state index in [1.165, 1.54) is 11.1 Å². The van der Waals surface area contributed by atoms with Crippen LogP contribution in [0.1, 0.15) is 31.9 Å². The Morgan fingerprint density at radius 2 is 1.68 bits per heavy atom. The first kappa shape index (κ1) is 19.0.